The topological polar surface area (TPSA) is 41.0 Å². The van der Waals surface area contributed by atoms with E-state index in [-0.39, 0.29) is 0 Å². The minimum absolute atomic E-state index is 0.969. The standard InChI is InChI=1S/C9H14N4/c1-2-5-12-13(7-3-1)9-4-6-10-8-11-9/h4,6,8,12H,1-3,5,7H2. The number of nitrogens with zero attached hydrogens (tertiary/aromatic N) is 3. The second-order valence-electron chi connectivity index (χ2n) is 3.19. The summed E-state index contributed by atoms with van der Waals surface area (Å²) in [7, 11) is 0. The minimum Gasteiger partial charge on any atom is -0.292 e. The molecule has 1 aliphatic rings. The van der Waals surface area contributed by atoms with E-state index in [1.807, 2.05) is 6.07 Å². The molecule has 1 fully saturated rings. The highest BCUT2D eigenvalue weighted by Gasteiger charge is 2.09. The van der Waals surface area contributed by atoms with E-state index in [0.29, 0.717) is 0 Å². The van der Waals surface area contributed by atoms with E-state index in [9.17, 15) is 0 Å². The summed E-state index contributed by atoms with van der Waals surface area (Å²) < 4.78 is 0. The molecule has 0 saturated carbocycles. The Morgan fingerprint density at radius 3 is 3.15 bits per heavy atom. The van der Waals surface area contributed by atoms with Gasteiger partial charge in [0.15, 0.2) is 0 Å². The van der Waals surface area contributed by atoms with Gasteiger partial charge in [0.2, 0.25) is 0 Å². The van der Waals surface area contributed by atoms with Crippen LogP contribution in [-0.2, 0) is 0 Å². The summed E-state index contributed by atoms with van der Waals surface area (Å²) in [5, 5.41) is 2.11. The maximum Gasteiger partial charge on any atom is 0.146 e. The first-order chi connectivity index (χ1) is 6.47. The minimum atomic E-state index is 0.969. The molecule has 2 rings (SSSR count). The lowest BCUT2D eigenvalue weighted by molar-refractivity contribution is 0.651. The van der Waals surface area contributed by atoms with E-state index in [1.54, 1.807) is 12.5 Å². The fraction of sp³-hybridized carbons (Fsp3) is 0.556. The summed E-state index contributed by atoms with van der Waals surface area (Å²) in [4.78, 5) is 8.09. The number of anilines is 1. The van der Waals surface area contributed by atoms with E-state index in [4.69, 9.17) is 0 Å². The van der Waals surface area contributed by atoms with Crippen LogP contribution in [0.2, 0.25) is 0 Å². The first-order valence-corrected chi connectivity index (χ1v) is 4.74. The van der Waals surface area contributed by atoms with E-state index in [1.165, 1.54) is 19.3 Å². The Morgan fingerprint density at radius 1 is 1.31 bits per heavy atom. The van der Waals surface area contributed by atoms with E-state index < -0.39 is 0 Å². The molecule has 0 amide bonds. The van der Waals surface area contributed by atoms with Crippen LogP contribution in [0.4, 0.5) is 5.82 Å². The summed E-state index contributed by atoms with van der Waals surface area (Å²) in [6, 6.07) is 1.93. The Morgan fingerprint density at radius 2 is 2.31 bits per heavy atom. The Kier molecular flexibility index (Phi) is 2.72. The van der Waals surface area contributed by atoms with Gasteiger partial charge in [0.25, 0.3) is 0 Å². The lowest BCUT2D eigenvalue weighted by Crippen LogP contribution is -2.38. The van der Waals surface area contributed by atoms with Gasteiger partial charge in [0.05, 0.1) is 0 Å². The maximum atomic E-state index is 4.20. The molecule has 0 spiro atoms. The van der Waals surface area contributed by atoms with Crippen LogP contribution in [0.15, 0.2) is 18.6 Å². The third kappa shape index (κ3) is 2.15. The van der Waals surface area contributed by atoms with Crippen molar-refractivity contribution in [3.05, 3.63) is 18.6 Å². The van der Waals surface area contributed by atoms with Crippen LogP contribution in [0, 0.1) is 0 Å². The molecule has 0 aliphatic carbocycles. The van der Waals surface area contributed by atoms with Crippen LogP contribution in [0.3, 0.4) is 0 Å². The average Bonchev–Trinajstić information content (AvgIpc) is 2.47. The molecular formula is C9H14N4. The summed E-state index contributed by atoms with van der Waals surface area (Å²) >= 11 is 0. The van der Waals surface area contributed by atoms with E-state index >= 15 is 0 Å². The molecule has 1 aliphatic heterocycles. The normalized spacial score (nSPS) is 18.3. The summed E-state index contributed by atoms with van der Waals surface area (Å²) in [5.74, 6) is 0.969. The molecule has 4 nitrogen and oxygen atoms in total. The molecule has 0 unspecified atom stereocenters. The molecule has 2 heterocycles. The van der Waals surface area contributed by atoms with Crippen LogP contribution in [-0.4, -0.2) is 23.1 Å². The molecule has 0 atom stereocenters. The number of rotatable bonds is 1. The summed E-state index contributed by atoms with van der Waals surface area (Å²) in [6.07, 6.45) is 7.14. The van der Waals surface area contributed by atoms with Gasteiger partial charge in [0, 0.05) is 25.4 Å². The zero-order chi connectivity index (χ0) is 8.93. The van der Waals surface area contributed by atoms with Crippen LogP contribution in [0.25, 0.3) is 0 Å². The molecule has 13 heavy (non-hydrogen) atoms. The molecule has 1 N–H and O–H groups in total. The van der Waals surface area contributed by atoms with Crippen molar-refractivity contribution in [3.8, 4) is 0 Å². The first kappa shape index (κ1) is 8.44. The largest absolute Gasteiger partial charge is 0.292 e. The maximum absolute atomic E-state index is 4.20. The lowest BCUT2D eigenvalue weighted by atomic mass is 10.2. The Labute approximate surface area is 78.0 Å². The fourth-order valence-electron chi connectivity index (χ4n) is 1.50. The molecule has 70 valence electrons. The SMILES string of the molecule is c1cc(N2CCCCCN2)ncn1. The van der Waals surface area contributed by atoms with Crippen molar-refractivity contribution in [1.29, 1.82) is 0 Å². The second kappa shape index (κ2) is 4.18. The first-order valence-electron chi connectivity index (χ1n) is 4.74. The van der Waals surface area contributed by atoms with Gasteiger partial charge in [-0.15, -0.1) is 0 Å². The quantitative estimate of drug-likeness (QED) is 0.695. The smallest absolute Gasteiger partial charge is 0.146 e. The Hall–Kier alpha value is -1.16. The highest BCUT2D eigenvalue weighted by molar-refractivity contribution is 5.34. The van der Waals surface area contributed by atoms with Crippen molar-refractivity contribution in [2.45, 2.75) is 19.3 Å². The summed E-state index contributed by atoms with van der Waals surface area (Å²) in [6.45, 7) is 2.08. The van der Waals surface area contributed by atoms with Crippen molar-refractivity contribution in [1.82, 2.24) is 15.4 Å². The molecule has 0 radical (unpaired) electrons. The molecule has 0 bridgehead atoms. The predicted molar refractivity (Wildman–Crippen MR) is 51.2 cm³/mol. The highest BCUT2D eigenvalue weighted by Crippen LogP contribution is 2.10. The molecule has 1 saturated heterocycles. The van der Waals surface area contributed by atoms with Crippen LogP contribution >= 0.6 is 0 Å². The Bertz CT molecular complexity index is 241. The second-order valence-corrected chi connectivity index (χ2v) is 3.19. The van der Waals surface area contributed by atoms with Gasteiger partial charge < -0.3 is 0 Å². The average molecular weight is 178 g/mol. The van der Waals surface area contributed by atoms with Crippen molar-refractivity contribution < 1.29 is 0 Å². The van der Waals surface area contributed by atoms with Crippen molar-refractivity contribution in [2.75, 3.05) is 18.1 Å². The van der Waals surface area contributed by atoms with Crippen LogP contribution in [0.5, 0.6) is 0 Å². The Balaban J connectivity index is 2.06. The number of hydrogen-bond acceptors (Lipinski definition) is 4. The van der Waals surface area contributed by atoms with Gasteiger partial charge in [-0.05, 0) is 12.8 Å². The molecule has 4 heteroatoms. The summed E-state index contributed by atoms with van der Waals surface area (Å²) in [5.41, 5.74) is 3.34. The molecule has 1 aromatic heterocycles. The number of aromatic nitrogens is 2. The van der Waals surface area contributed by atoms with Crippen molar-refractivity contribution in [3.63, 3.8) is 0 Å². The van der Waals surface area contributed by atoms with Gasteiger partial charge in [-0.2, -0.15) is 0 Å². The van der Waals surface area contributed by atoms with Gasteiger partial charge in [-0.25, -0.2) is 15.4 Å². The molecule has 0 aromatic carbocycles. The monoisotopic (exact) mass is 178 g/mol. The van der Waals surface area contributed by atoms with E-state index in [2.05, 4.69) is 20.4 Å². The number of nitrogens with one attached hydrogen (secondary N) is 1. The molecule has 1 aromatic rings. The highest BCUT2D eigenvalue weighted by atomic mass is 15.5. The van der Waals surface area contributed by atoms with Crippen molar-refractivity contribution >= 4 is 5.82 Å². The lowest BCUT2D eigenvalue weighted by Gasteiger charge is -2.21. The predicted octanol–water partition coefficient (Wildman–Crippen LogP) is 0.972. The van der Waals surface area contributed by atoms with Crippen molar-refractivity contribution in [2.24, 2.45) is 0 Å². The zero-order valence-electron chi connectivity index (χ0n) is 7.61. The fourth-order valence-corrected chi connectivity index (χ4v) is 1.50. The number of hydrazine groups is 1. The van der Waals surface area contributed by atoms with Crippen LogP contribution in [0.1, 0.15) is 19.3 Å². The number of hydrogen-bond donors (Lipinski definition) is 1. The zero-order valence-corrected chi connectivity index (χ0v) is 7.61. The van der Waals surface area contributed by atoms with E-state index in [0.717, 1.165) is 18.9 Å². The molecular weight excluding hydrogens is 164 g/mol. The third-order valence-corrected chi connectivity index (χ3v) is 2.20. The van der Waals surface area contributed by atoms with Crippen LogP contribution < -0.4 is 10.4 Å². The van der Waals surface area contributed by atoms with Gasteiger partial charge in [-0.1, -0.05) is 6.42 Å². The van der Waals surface area contributed by atoms with Gasteiger partial charge >= 0.3 is 0 Å². The third-order valence-electron chi connectivity index (χ3n) is 2.20. The van der Waals surface area contributed by atoms with Gasteiger partial charge in [-0.3, -0.25) is 5.01 Å². The van der Waals surface area contributed by atoms with Gasteiger partial charge in [0.1, 0.15) is 12.1 Å².